The second-order valence-corrected chi connectivity index (χ2v) is 9.93. The topological polar surface area (TPSA) is 57.7 Å². The van der Waals surface area contributed by atoms with Gasteiger partial charge in [0.05, 0.1) is 4.90 Å². The molecule has 0 atom stereocenters. The number of aryl methyl sites for hydroxylation is 3. The number of benzene rings is 1. The van der Waals surface area contributed by atoms with E-state index in [0.717, 1.165) is 24.0 Å². The Hall–Kier alpha value is -1.70. The number of carbonyl (C=O) groups is 1. The normalized spacial score (nSPS) is 15.9. The van der Waals surface area contributed by atoms with Gasteiger partial charge in [-0.25, -0.2) is 8.42 Å². The van der Waals surface area contributed by atoms with Crippen LogP contribution in [0.2, 0.25) is 0 Å². The Labute approximate surface area is 165 Å². The number of hydrogen-bond acceptors (Lipinski definition) is 4. The summed E-state index contributed by atoms with van der Waals surface area (Å²) in [6.45, 7) is 5.40. The zero-order valence-electron chi connectivity index (χ0n) is 15.8. The van der Waals surface area contributed by atoms with Gasteiger partial charge in [0.1, 0.15) is 0 Å². The Balaban J connectivity index is 1.54. The van der Waals surface area contributed by atoms with Crippen LogP contribution in [-0.2, 0) is 21.2 Å². The van der Waals surface area contributed by atoms with Gasteiger partial charge < -0.3 is 4.90 Å². The average Bonchev–Trinajstić information content (AvgIpc) is 3.15. The van der Waals surface area contributed by atoms with Gasteiger partial charge in [0.2, 0.25) is 15.9 Å². The van der Waals surface area contributed by atoms with E-state index in [2.05, 4.69) is 6.07 Å². The molecule has 0 unspecified atom stereocenters. The number of nitrogens with zero attached hydrogens (tertiary/aromatic N) is 2. The average molecular weight is 407 g/mol. The molecule has 2 aromatic rings. The molecule has 0 N–H and O–H groups in total. The summed E-state index contributed by atoms with van der Waals surface area (Å²) < 4.78 is 27.3. The van der Waals surface area contributed by atoms with E-state index < -0.39 is 10.0 Å². The van der Waals surface area contributed by atoms with Crippen LogP contribution >= 0.6 is 11.3 Å². The molecular weight excluding hydrogens is 380 g/mol. The largest absolute Gasteiger partial charge is 0.340 e. The van der Waals surface area contributed by atoms with Gasteiger partial charge in [0, 0.05) is 37.5 Å². The third-order valence-corrected chi connectivity index (χ3v) is 7.93. The molecule has 27 heavy (non-hydrogen) atoms. The van der Waals surface area contributed by atoms with Crippen LogP contribution < -0.4 is 0 Å². The highest BCUT2D eigenvalue weighted by atomic mass is 32.2. The second kappa shape index (κ2) is 8.54. The minimum Gasteiger partial charge on any atom is -0.340 e. The molecule has 146 valence electrons. The Morgan fingerprint density at radius 2 is 1.85 bits per heavy atom. The molecule has 0 bridgehead atoms. The summed E-state index contributed by atoms with van der Waals surface area (Å²) in [7, 11) is -3.51. The van der Waals surface area contributed by atoms with Crippen molar-refractivity contribution in [3.8, 4) is 0 Å². The van der Waals surface area contributed by atoms with Crippen molar-refractivity contribution in [3.05, 3.63) is 51.7 Å². The van der Waals surface area contributed by atoms with Crippen molar-refractivity contribution in [3.63, 3.8) is 0 Å². The van der Waals surface area contributed by atoms with Gasteiger partial charge in [-0.1, -0.05) is 23.8 Å². The highest BCUT2D eigenvalue weighted by molar-refractivity contribution is 7.89. The van der Waals surface area contributed by atoms with Crippen LogP contribution in [-0.4, -0.2) is 49.7 Å². The van der Waals surface area contributed by atoms with Crippen LogP contribution in [0.25, 0.3) is 0 Å². The lowest BCUT2D eigenvalue weighted by Gasteiger charge is -2.34. The van der Waals surface area contributed by atoms with E-state index in [1.54, 1.807) is 22.3 Å². The first kappa shape index (κ1) is 20.0. The summed E-state index contributed by atoms with van der Waals surface area (Å²) in [5.74, 6) is 0.120. The maximum Gasteiger partial charge on any atom is 0.243 e. The van der Waals surface area contributed by atoms with Gasteiger partial charge in [0.25, 0.3) is 0 Å². The van der Waals surface area contributed by atoms with Gasteiger partial charge in [-0.3, -0.25) is 4.79 Å². The Bertz CT molecular complexity index is 884. The summed E-state index contributed by atoms with van der Waals surface area (Å²) in [5.41, 5.74) is 1.81. The summed E-state index contributed by atoms with van der Waals surface area (Å²) in [6.07, 6.45) is 2.27. The number of amides is 1. The van der Waals surface area contributed by atoms with E-state index in [-0.39, 0.29) is 5.91 Å². The number of hydrogen-bond donors (Lipinski definition) is 0. The summed E-state index contributed by atoms with van der Waals surface area (Å²) >= 11 is 1.71. The fraction of sp³-hybridized carbons (Fsp3) is 0.450. The molecule has 0 aliphatic carbocycles. The van der Waals surface area contributed by atoms with Gasteiger partial charge in [0.15, 0.2) is 0 Å². The van der Waals surface area contributed by atoms with Gasteiger partial charge in [-0.05, 0) is 49.8 Å². The number of rotatable bonds is 6. The minimum atomic E-state index is -3.51. The molecule has 1 aliphatic rings. The maximum atomic E-state index is 12.9. The number of carbonyl (C=O) groups excluding carboxylic acids is 1. The van der Waals surface area contributed by atoms with Crippen LogP contribution in [0.4, 0.5) is 0 Å². The molecule has 0 radical (unpaired) electrons. The highest BCUT2D eigenvalue weighted by Gasteiger charge is 2.30. The first-order valence-corrected chi connectivity index (χ1v) is 11.6. The quantitative estimate of drug-likeness (QED) is 0.740. The number of thiophene rings is 1. The van der Waals surface area contributed by atoms with Gasteiger partial charge in [-0.2, -0.15) is 4.31 Å². The van der Waals surface area contributed by atoms with Crippen molar-refractivity contribution in [2.75, 3.05) is 26.2 Å². The zero-order valence-corrected chi connectivity index (χ0v) is 17.5. The van der Waals surface area contributed by atoms with Crippen LogP contribution in [0.15, 0.2) is 40.6 Å². The summed E-state index contributed by atoms with van der Waals surface area (Å²) in [5, 5.41) is 2.05. The lowest BCUT2D eigenvalue weighted by atomic mass is 10.2. The van der Waals surface area contributed by atoms with Crippen molar-refractivity contribution in [1.82, 2.24) is 9.21 Å². The predicted octanol–water partition coefficient (Wildman–Crippen LogP) is 3.22. The van der Waals surface area contributed by atoms with Crippen molar-refractivity contribution in [2.45, 2.75) is 38.0 Å². The van der Waals surface area contributed by atoms with E-state index in [4.69, 9.17) is 0 Å². The van der Waals surface area contributed by atoms with E-state index in [0.29, 0.717) is 37.5 Å². The Morgan fingerprint density at radius 3 is 2.48 bits per heavy atom. The lowest BCUT2D eigenvalue weighted by Crippen LogP contribution is -2.50. The zero-order chi connectivity index (χ0) is 19.4. The monoisotopic (exact) mass is 406 g/mol. The first-order chi connectivity index (χ1) is 12.9. The van der Waals surface area contributed by atoms with Crippen LogP contribution in [0.1, 0.15) is 28.8 Å². The minimum absolute atomic E-state index is 0.120. The van der Waals surface area contributed by atoms with Crippen LogP contribution in [0.3, 0.4) is 0 Å². The second-order valence-electron chi connectivity index (χ2n) is 6.99. The molecule has 0 spiro atoms. The fourth-order valence-electron chi connectivity index (χ4n) is 3.43. The molecule has 1 aromatic heterocycles. The van der Waals surface area contributed by atoms with E-state index in [1.165, 1.54) is 9.18 Å². The molecule has 7 heteroatoms. The molecular formula is C20H26N2O3S2. The van der Waals surface area contributed by atoms with E-state index in [9.17, 15) is 13.2 Å². The molecule has 1 aliphatic heterocycles. The van der Waals surface area contributed by atoms with Gasteiger partial charge >= 0.3 is 0 Å². The molecule has 0 saturated carbocycles. The highest BCUT2D eigenvalue weighted by Crippen LogP contribution is 2.22. The molecule has 1 amide bonds. The third kappa shape index (κ3) is 4.78. The Morgan fingerprint density at radius 1 is 1.11 bits per heavy atom. The van der Waals surface area contributed by atoms with Crippen molar-refractivity contribution in [2.24, 2.45) is 0 Å². The maximum absolute atomic E-state index is 12.9. The Kier molecular flexibility index (Phi) is 6.34. The van der Waals surface area contributed by atoms with Crippen LogP contribution in [0, 0.1) is 13.8 Å². The molecule has 2 heterocycles. The number of sulfonamides is 1. The van der Waals surface area contributed by atoms with E-state index >= 15 is 0 Å². The first-order valence-electron chi connectivity index (χ1n) is 9.25. The van der Waals surface area contributed by atoms with Crippen molar-refractivity contribution >= 4 is 27.3 Å². The van der Waals surface area contributed by atoms with Crippen molar-refractivity contribution < 1.29 is 13.2 Å². The molecule has 1 fully saturated rings. The van der Waals surface area contributed by atoms with Crippen molar-refractivity contribution in [1.29, 1.82) is 0 Å². The SMILES string of the molecule is Cc1ccc(S(=O)(=O)N2CCN(C(=O)CCCc3cccs3)CC2)c(C)c1. The molecule has 5 nitrogen and oxygen atoms in total. The third-order valence-electron chi connectivity index (χ3n) is 4.93. The fourth-order valence-corrected chi connectivity index (χ4v) is 5.81. The van der Waals surface area contributed by atoms with E-state index in [1.807, 2.05) is 37.4 Å². The molecule has 1 aromatic carbocycles. The lowest BCUT2D eigenvalue weighted by molar-refractivity contribution is -0.132. The van der Waals surface area contributed by atoms with Crippen LogP contribution in [0.5, 0.6) is 0 Å². The number of piperazine rings is 1. The molecule has 3 rings (SSSR count). The predicted molar refractivity (Wildman–Crippen MR) is 109 cm³/mol. The molecule has 1 saturated heterocycles. The summed E-state index contributed by atoms with van der Waals surface area (Å²) in [6, 6.07) is 9.51. The standard InChI is InChI=1S/C20H26N2O3S2/c1-16-8-9-19(17(2)15-16)27(24,25)22-12-10-21(11-13-22)20(23)7-3-5-18-6-4-14-26-18/h4,6,8-9,14-15H,3,5,7,10-13H2,1-2H3. The summed E-state index contributed by atoms with van der Waals surface area (Å²) in [4.78, 5) is 15.9. The van der Waals surface area contributed by atoms with Gasteiger partial charge in [-0.15, -0.1) is 11.3 Å². The smallest absolute Gasteiger partial charge is 0.243 e.